The molecule has 2 aliphatic rings. The van der Waals surface area contributed by atoms with Gasteiger partial charge in [-0.15, -0.1) is 0 Å². The topological polar surface area (TPSA) is 149 Å². The van der Waals surface area contributed by atoms with Crippen molar-refractivity contribution in [1.29, 1.82) is 0 Å². The van der Waals surface area contributed by atoms with E-state index in [4.69, 9.17) is 19.8 Å². The van der Waals surface area contributed by atoms with Gasteiger partial charge in [-0.1, -0.05) is 0 Å². The number of carbonyl (C=O) groups is 1. The minimum atomic E-state index is -3.46. The van der Waals surface area contributed by atoms with Crippen molar-refractivity contribution in [3.8, 4) is 17.1 Å². The second kappa shape index (κ2) is 12.4. The first kappa shape index (κ1) is 29.9. The van der Waals surface area contributed by atoms with E-state index in [1.54, 1.807) is 30.3 Å². The number of rotatable bonds is 10. The van der Waals surface area contributed by atoms with Gasteiger partial charge >= 0.3 is 12.6 Å². The summed E-state index contributed by atoms with van der Waals surface area (Å²) in [6, 6.07) is 13.6. The Morgan fingerprint density at radius 1 is 1.17 bits per heavy atom. The number of hydrogen-bond donors (Lipinski definition) is 5. The second-order valence-electron chi connectivity index (χ2n) is 10.1. The highest BCUT2D eigenvalue weighted by atomic mass is 32.3. The minimum absolute atomic E-state index is 0.0243. The number of halogens is 2. The number of aromatic nitrogens is 2. The highest BCUT2D eigenvalue weighted by Gasteiger charge is 2.57. The summed E-state index contributed by atoms with van der Waals surface area (Å²) in [6.45, 7) is 0.617. The van der Waals surface area contributed by atoms with Crippen LogP contribution in [0.5, 0.6) is 5.75 Å². The molecule has 14 heteroatoms. The Morgan fingerprint density at radius 2 is 1.88 bits per heavy atom. The largest absolute Gasteiger partial charge is 0.435 e. The molecule has 1 saturated carbocycles. The van der Waals surface area contributed by atoms with E-state index in [1.165, 1.54) is 24.3 Å². The molecular weight excluding hydrogens is 572 g/mol. The molecule has 0 spiro atoms. The van der Waals surface area contributed by atoms with Crippen molar-refractivity contribution in [3.05, 3.63) is 60.3 Å². The number of benzene rings is 2. The van der Waals surface area contributed by atoms with E-state index in [2.05, 4.69) is 20.3 Å². The number of morpholine rings is 1. The SMILES string of the molecule is C[C@H]1COCCN1c1cc(C2(S(O)(O)c3ccc(OC(F)F)cc3)CC2)nc(-c2ccc(NC(=O)NCCO)cc2)n1. The van der Waals surface area contributed by atoms with Crippen LogP contribution < -0.4 is 20.3 Å². The van der Waals surface area contributed by atoms with E-state index < -0.39 is 28.0 Å². The number of aliphatic hydroxyl groups is 1. The van der Waals surface area contributed by atoms with Crippen LogP contribution in [0.1, 0.15) is 25.5 Å². The van der Waals surface area contributed by atoms with Gasteiger partial charge in [-0.2, -0.15) is 19.4 Å². The fraction of sp³-hybridized carbons (Fsp3) is 0.393. The molecule has 2 aromatic carbocycles. The van der Waals surface area contributed by atoms with Crippen LogP contribution in [0.2, 0.25) is 0 Å². The molecule has 3 aromatic rings. The lowest BCUT2D eigenvalue weighted by Gasteiger charge is -2.41. The number of carbonyl (C=O) groups excluding carboxylic acids is 1. The average molecular weight is 606 g/mol. The molecule has 0 unspecified atom stereocenters. The van der Waals surface area contributed by atoms with Crippen LogP contribution in [0.3, 0.4) is 0 Å². The average Bonchev–Trinajstić information content (AvgIpc) is 3.80. The molecule has 226 valence electrons. The number of nitrogens with zero attached hydrogens (tertiary/aromatic N) is 3. The van der Waals surface area contributed by atoms with Crippen molar-refractivity contribution in [1.82, 2.24) is 15.3 Å². The number of nitrogens with one attached hydrogen (secondary N) is 2. The van der Waals surface area contributed by atoms with E-state index in [0.29, 0.717) is 61.2 Å². The normalized spacial score (nSPS) is 18.5. The molecule has 42 heavy (non-hydrogen) atoms. The fourth-order valence-corrected chi connectivity index (χ4v) is 6.93. The van der Waals surface area contributed by atoms with Crippen molar-refractivity contribution < 1.29 is 37.3 Å². The van der Waals surface area contributed by atoms with Gasteiger partial charge < -0.3 is 30.1 Å². The number of aliphatic hydroxyl groups excluding tert-OH is 1. The molecule has 1 aromatic heterocycles. The molecule has 2 heterocycles. The Balaban J connectivity index is 1.50. The number of amides is 2. The van der Waals surface area contributed by atoms with Gasteiger partial charge in [0.25, 0.3) is 0 Å². The summed E-state index contributed by atoms with van der Waals surface area (Å²) < 4.78 is 57.4. The number of urea groups is 1. The monoisotopic (exact) mass is 605 g/mol. The van der Waals surface area contributed by atoms with Crippen molar-refractivity contribution in [2.45, 2.75) is 42.1 Å². The first-order valence-corrected chi connectivity index (χ1v) is 15.0. The standard InChI is InChI=1S/C28H33F2N5O6S/c1-18-17-40-15-13-35(18)24-16-23(28(10-11-28)42(38,39)22-8-6-21(7-9-22)41-26(29)30)33-25(34-24)19-2-4-20(5-3-19)32-27(37)31-12-14-36/h2-9,16,18,26,36,38-39H,10-15,17H2,1H3,(H2,31,32,37)/t18-/m0/s1. The maximum absolute atomic E-state index is 12.6. The summed E-state index contributed by atoms with van der Waals surface area (Å²) >= 11 is 0. The van der Waals surface area contributed by atoms with Crippen LogP contribution in [0.25, 0.3) is 11.4 Å². The van der Waals surface area contributed by atoms with Crippen molar-refractivity contribution in [3.63, 3.8) is 0 Å². The van der Waals surface area contributed by atoms with Gasteiger partial charge in [0.15, 0.2) is 5.82 Å². The van der Waals surface area contributed by atoms with Crippen molar-refractivity contribution in [2.24, 2.45) is 0 Å². The van der Waals surface area contributed by atoms with Gasteiger partial charge in [0, 0.05) is 30.4 Å². The molecule has 1 atom stereocenters. The van der Waals surface area contributed by atoms with Gasteiger partial charge in [-0.25, -0.2) is 14.8 Å². The van der Waals surface area contributed by atoms with Gasteiger partial charge in [-0.05, 0) is 68.3 Å². The highest BCUT2D eigenvalue weighted by molar-refractivity contribution is 8.25. The van der Waals surface area contributed by atoms with Crippen molar-refractivity contribution >= 4 is 28.1 Å². The predicted molar refractivity (Wildman–Crippen MR) is 154 cm³/mol. The summed E-state index contributed by atoms with van der Waals surface area (Å²) in [7, 11) is -3.46. The zero-order chi connectivity index (χ0) is 29.9. The molecule has 5 rings (SSSR count). The van der Waals surface area contributed by atoms with Gasteiger partial charge in [0.05, 0.1) is 36.5 Å². The van der Waals surface area contributed by atoms with E-state index in [9.17, 15) is 22.7 Å². The summed E-state index contributed by atoms with van der Waals surface area (Å²) in [5, 5.41) is 14.1. The van der Waals surface area contributed by atoms with Crippen LogP contribution in [0.15, 0.2) is 59.5 Å². The Hall–Kier alpha value is -3.56. The molecule has 2 amide bonds. The molecule has 1 saturated heterocycles. The Kier molecular flexibility index (Phi) is 8.80. The quantitative estimate of drug-likeness (QED) is 0.218. The Morgan fingerprint density at radius 3 is 2.50 bits per heavy atom. The van der Waals surface area contributed by atoms with Crippen molar-refractivity contribution in [2.75, 3.05) is 43.1 Å². The third-order valence-electron chi connectivity index (χ3n) is 7.27. The summed E-state index contributed by atoms with van der Waals surface area (Å²) in [4.78, 5) is 23.9. The molecular formula is C28H33F2N5O6S. The number of ether oxygens (including phenoxy) is 2. The number of anilines is 2. The summed E-state index contributed by atoms with van der Waals surface area (Å²) in [5.41, 5.74) is 1.65. The first-order valence-electron chi connectivity index (χ1n) is 13.5. The third-order valence-corrected chi connectivity index (χ3v) is 9.90. The Labute approximate surface area is 243 Å². The maximum Gasteiger partial charge on any atom is 0.387 e. The van der Waals surface area contributed by atoms with Crippen LogP contribution in [0, 0.1) is 0 Å². The molecule has 0 radical (unpaired) electrons. The second-order valence-corrected chi connectivity index (χ2v) is 12.5. The van der Waals surface area contributed by atoms with Gasteiger partial charge in [-0.3, -0.25) is 9.11 Å². The third kappa shape index (κ3) is 6.27. The molecule has 11 nitrogen and oxygen atoms in total. The molecule has 1 aliphatic carbocycles. The number of alkyl halides is 2. The lowest BCUT2D eigenvalue weighted by atomic mass is 10.1. The maximum atomic E-state index is 12.6. The van der Waals surface area contributed by atoms with Gasteiger partial charge in [0.2, 0.25) is 0 Å². The van der Waals surface area contributed by atoms with Crippen LogP contribution in [0.4, 0.5) is 25.1 Å². The lowest BCUT2D eigenvalue weighted by Crippen LogP contribution is -2.44. The van der Waals surface area contributed by atoms with Crippen LogP contribution in [-0.4, -0.2) is 75.8 Å². The molecule has 1 aliphatic heterocycles. The highest BCUT2D eigenvalue weighted by Crippen LogP contribution is 2.75. The minimum Gasteiger partial charge on any atom is -0.435 e. The van der Waals surface area contributed by atoms with E-state index in [1.807, 2.05) is 6.92 Å². The zero-order valence-corrected chi connectivity index (χ0v) is 23.7. The first-order chi connectivity index (χ1) is 20.1. The van der Waals surface area contributed by atoms with E-state index in [0.717, 1.165) is 0 Å². The van der Waals surface area contributed by atoms with E-state index in [-0.39, 0.29) is 29.8 Å². The molecule has 5 N–H and O–H groups in total. The molecule has 2 fully saturated rings. The predicted octanol–water partition coefficient (Wildman–Crippen LogP) is 4.88. The summed E-state index contributed by atoms with van der Waals surface area (Å²) in [5.74, 6) is 0.920. The summed E-state index contributed by atoms with van der Waals surface area (Å²) in [6.07, 6.45) is 0.927. The smallest absolute Gasteiger partial charge is 0.387 e. The van der Waals surface area contributed by atoms with Crippen LogP contribution in [-0.2, 0) is 9.48 Å². The van der Waals surface area contributed by atoms with Crippen LogP contribution >= 0.6 is 10.6 Å². The Bertz CT molecular complexity index is 1390. The van der Waals surface area contributed by atoms with E-state index >= 15 is 0 Å². The molecule has 0 bridgehead atoms. The lowest BCUT2D eigenvalue weighted by molar-refractivity contribution is -0.0498. The fourth-order valence-electron chi connectivity index (χ4n) is 4.90. The number of hydrogen-bond acceptors (Lipinski definition) is 9. The zero-order valence-electron chi connectivity index (χ0n) is 22.9. The van der Waals surface area contributed by atoms with Gasteiger partial charge in [0.1, 0.15) is 16.3 Å².